The van der Waals surface area contributed by atoms with Crippen LogP contribution in [0.3, 0.4) is 0 Å². The predicted octanol–water partition coefficient (Wildman–Crippen LogP) is 5.14. The fraction of sp³-hybridized carbons (Fsp3) is 0.476. The molecular weight excluding hydrogens is 469 g/mol. The van der Waals surface area contributed by atoms with Crippen LogP contribution in [0, 0.1) is 18.6 Å². The first-order valence-corrected chi connectivity index (χ1v) is 10.3. The lowest BCUT2D eigenvalue weighted by Gasteiger charge is -2.31. The van der Waals surface area contributed by atoms with Crippen molar-refractivity contribution in [2.24, 2.45) is 0 Å². The Hall–Kier alpha value is -3.38. The van der Waals surface area contributed by atoms with Crippen LogP contribution in [-0.4, -0.2) is 52.6 Å². The Morgan fingerprint density at radius 1 is 1.06 bits per heavy atom. The molecule has 2 heterocycles. The van der Waals surface area contributed by atoms with Crippen LogP contribution in [0.15, 0.2) is 18.5 Å². The smallest absolute Gasteiger partial charge is 0.474 e. The summed E-state index contributed by atoms with van der Waals surface area (Å²) in [6.45, 7) is 5.88. The lowest BCUT2D eigenvalue weighted by molar-refractivity contribution is -0.275. The van der Waals surface area contributed by atoms with Crippen LogP contribution in [-0.2, 0) is 4.74 Å². The van der Waals surface area contributed by atoms with Crippen molar-refractivity contribution in [1.82, 2.24) is 14.9 Å². The van der Waals surface area contributed by atoms with Gasteiger partial charge in [0.05, 0.1) is 11.7 Å². The van der Waals surface area contributed by atoms with E-state index in [1.807, 2.05) is 0 Å². The van der Waals surface area contributed by atoms with Gasteiger partial charge < -0.3 is 23.8 Å². The SMILES string of the molecule is Cc1c(Oc2cc(F)c(OC(F)(F)F)cc2F)ncnc1OC1CCN(C(=O)OC(C)C)CC1. The van der Waals surface area contributed by atoms with Crippen molar-refractivity contribution < 1.29 is 45.7 Å². The summed E-state index contributed by atoms with van der Waals surface area (Å²) >= 11 is 0. The summed E-state index contributed by atoms with van der Waals surface area (Å²) in [7, 11) is 0. The molecule has 186 valence electrons. The molecule has 1 aromatic carbocycles. The second-order valence-corrected chi connectivity index (χ2v) is 7.71. The van der Waals surface area contributed by atoms with E-state index in [0.29, 0.717) is 32.0 Å². The summed E-state index contributed by atoms with van der Waals surface area (Å²) in [4.78, 5) is 21.5. The number of amides is 1. The Balaban J connectivity index is 1.67. The maximum absolute atomic E-state index is 14.2. The monoisotopic (exact) mass is 491 g/mol. The van der Waals surface area contributed by atoms with E-state index in [1.54, 1.807) is 18.7 Å². The number of benzene rings is 1. The van der Waals surface area contributed by atoms with Gasteiger partial charge in [0, 0.05) is 38.1 Å². The van der Waals surface area contributed by atoms with Crippen molar-refractivity contribution >= 4 is 6.09 Å². The van der Waals surface area contributed by atoms with E-state index in [4.69, 9.17) is 14.2 Å². The molecule has 0 atom stereocenters. The van der Waals surface area contributed by atoms with Gasteiger partial charge in [0.2, 0.25) is 11.8 Å². The highest BCUT2D eigenvalue weighted by Crippen LogP contribution is 2.34. The van der Waals surface area contributed by atoms with E-state index < -0.39 is 35.6 Å². The lowest BCUT2D eigenvalue weighted by Crippen LogP contribution is -2.42. The van der Waals surface area contributed by atoms with Crippen molar-refractivity contribution in [2.45, 2.75) is 52.2 Å². The normalized spacial score (nSPS) is 14.8. The third kappa shape index (κ3) is 6.58. The van der Waals surface area contributed by atoms with E-state index in [9.17, 15) is 26.7 Å². The minimum absolute atomic E-state index is 0.131. The van der Waals surface area contributed by atoms with Crippen LogP contribution >= 0.6 is 0 Å². The van der Waals surface area contributed by atoms with Crippen LogP contribution in [0.2, 0.25) is 0 Å². The fourth-order valence-electron chi connectivity index (χ4n) is 3.13. The Labute approximate surface area is 191 Å². The molecule has 0 radical (unpaired) electrons. The van der Waals surface area contributed by atoms with Crippen LogP contribution in [0.1, 0.15) is 32.3 Å². The zero-order chi connectivity index (χ0) is 25.0. The van der Waals surface area contributed by atoms with Crippen LogP contribution in [0.4, 0.5) is 26.7 Å². The third-order valence-corrected chi connectivity index (χ3v) is 4.73. The highest BCUT2D eigenvalue weighted by atomic mass is 19.4. The minimum atomic E-state index is -5.18. The standard InChI is InChI=1S/C21H22F5N3O5/c1-11(2)31-20(30)29-6-4-13(5-7-29)32-18-12(3)19(28-10-27-18)33-16-8-15(23)17(9-14(16)22)34-21(24,25)26/h8-11,13H,4-7H2,1-3H3. The van der Waals surface area contributed by atoms with Crippen molar-refractivity contribution in [1.29, 1.82) is 0 Å². The zero-order valence-electron chi connectivity index (χ0n) is 18.5. The number of aromatic nitrogens is 2. The number of alkyl halides is 3. The number of rotatable bonds is 6. The number of piperidine rings is 1. The summed E-state index contributed by atoms with van der Waals surface area (Å²) in [5.74, 6) is -4.83. The van der Waals surface area contributed by atoms with Gasteiger partial charge in [0.15, 0.2) is 23.1 Å². The molecule has 0 saturated carbocycles. The number of carbonyl (C=O) groups excluding carboxylic acids is 1. The van der Waals surface area contributed by atoms with Crippen molar-refractivity contribution in [3.63, 3.8) is 0 Å². The van der Waals surface area contributed by atoms with Gasteiger partial charge >= 0.3 is 12.5 Å². The zero-order valence-corrected chi connectivity index (χ0v) is 18.5. The number of hydrogen-bond acceptors (Lipinski definition) is 7. The minimum Gasteiger partial charge on any atom is -0.474 e. The van der Waals surface area contributed by atoms with Gasteiger partial charge in [-0.15, -0.1) is 13.2 Å². The Bertz CT molecular complexity index is 1030. The molecule has 1 aliphatic rings. The van der Waals surface area contributed by atoms with E-state index in [0.717, 1.165) is 6.33 Å². The molecule has 1 saturated heterocycles. The van der Waals surface area contributed by atoms with Gasteiger partial charge in [0.1, 0.15) is 12.4 Å². The molecule has 1 aliphatic heterocycles. The number of likely N-dealkylation sites (tertiary alicyclic amines) is 1. The molecule has 0 N–H and O–H groups in total. The van der Waals surface area contributed by atoms with E-state index in [1.165, 1.54) is 6.92 Å². The van der Waals surface area contributed by atoms with E-state index >= 15 is 0 Å². The predicted molar refractivity (Wildman–Crippen MR) is 107 cm³/mol. The van der Waals surface area contributed by atoms with E-state index in [-0.39, 0.29) is 35.6 Å². The van der Waals surface area contributed by atoms with Gasteiger partial charge in [-0.05, 0) is 20.8 Å². The summed E-state index contributed by atoms with van der Waals surface area (Å²) < 4.78 is 84.8. The fourth-order valence-corrected chi connectivity index (χ4v) is 3.13. The number of carbonyl (C=O) groups is 1. The van der Waals surface area contributed by atoms with Gasteiger partial charge in [-0.1, -0.05) is 0 Å². The second-order valence-electron chi connectivity index (χ2n) is 7.71. The molecule has 1 amide bonds. The highest BCUT2D eigenvalue weighted by Gasteiger charge is 2.33. The number of ether oxygens (including phenoxy) is 4. The first-order chi connectivity index (χ1) is 15.9. The summed E-state index contributed by atoms with van der Waals surface area (Å²) in [5, 5.41) is 0. The molecule has 1 fully saturated rings. The molecule has 3 rings (SSSR count). The lowest BCUT2D eigenvalue weighted by atomic mass is 10.1. The first-order valence-electron chi connectivity index (χ1n) is 10.3. The molecule has 34 heavy (non-hydrogen) atoms. The third-order valence-electron chi connectivity index (χ3n) is 4.73. The topological polar surface area (TPSA) is 83.0 Å². The average Bonchev–Trinajstić information content (AvgIpc) is 2.73. The molecule has 8 nitrogen and oxygen atoms in total. The van der Waals surface area contributed by atoms with Gasteiger partial charge in [-0.3, -0.25) is 0 Å². The van der Waals surface area contributed by atoms with Crippen LogP contribution in [0.5, 0.6) is 23.3 Å². The maximum Gasteiger partial charge on any atom is 0.573 e. The number of hydrogen-bond donors (Lipinski definition) is 0. The molecular formula is C21H22F5N3O5. The summed E-state index contributed by atoms with van der Waals surface area (Å²) in [5.41, 5.74) is 0.263. The molecule has 0 spiro atoms. The molecule has 0 unspecified atom stereocenters. The molecule has 13 heteroatoms. The molecule has 0 aliphatic carbocycles. The number of nitrogens with zero attached hydrogens (tertiary/aromatic N) is 3. The molecule has 1 aromatic heterocycles. The van der Waals surface area contributed by atoms with Gasteiger partial charge in [0.25, 0.3) is 0 Å². The Morgan fingerprint density at radius 2 is 1.65 bits per heavy atom. The first kappa shape index (κ1) is 25.2. The Morgan fingerprint density at radius 3 is 2.26 bits per heavy atom. The van der Waals surface area contributed by atoms with E-state index in [2.05, 4.69) is 14.7 Å². The number of halogens is 5. The van der Waals surface area contributed by atoms with Crippen LogP contribution < -0.4 is 14.2 Å². The largest absolute Gasteiger partial charge is 0.573 e. The molecule has 2 aromatic rings. The van der Waals surface area contributed by atoms with Crippen molar-refractivity contribution in [3.05, 3.63) is 35.7 Å². The summed E-state index contributed by atoms with van der Waals surface area (Å²) in [6.07, 6.45) is -3.99. The molecule has 0 bridgehead atoms. The summed E-state index contributed by atoms with van der Waals surface area (Å²) in [6, 6.07) is 0.647. The van der Waals surface area contributed by atoms with Gasteiger partial charge in [-0.25, -0.2) is 23.5 Å². The quantitative estimate of drug-likeness (QED) is 0.518. The Kier molecular flexibility index (Phi) is 7.62. The highest BCUT2D eigenvalue weighted by molar-refractivity contribution is 5.67. The maximum atomic E-state index is 14.2. The van der Waals surface area contributed by atoms with Gasteiger partial charge in [-0.2, -0.15) is 0 Å². The van der Waals surface area contributed by atoms with Crippen LogP contribution in [0.25, 0.3) is 0 Å². The average molecular weight is 491 g/mol. The van der Waals surface area contributed by atoms with Crippen molar-refractivity contribution in [3.8, 4) is 23.3 Å². The second kappa shape index (κ2) is 10.3. The van der Waals surface area contributed by atoms with Crippen molar-refractivity contribution in [2.75, 3.05) is 13.1 Å².